The van der Waals surface area contributed by atoms with E-state index in [-0.39, 0.29) is 6.61 Å². The van der Waals surface area contributed by atoms with E-state index >= 15 is 0 Å². The number of nitrogens with one attached hydrogen (secondary N) is 1. The zero-order chi connectivity index (χ0) is 16.8. The van der Waals surface area contributed by atoms with Gasteiger partial charge in [-0.3, -0.25) is 10.3 Å². The third kappa shape index (κ3) is 3.91. The summed E-state index contributed by atoms with van der Waals surface area (Å²) in [5.74, 6) is 1.32. The van der Waals surface area contributed by atoms with Crippen LogP contribution < -0.4 is 14.8 Å². The molecule has 1 N–H and O–H groups in total. The molecule has 1 amide bonds. The molecule has 1 aromatic heterocycles. The Morgan fingerprint density at radius 1 is 1.17 bits per heavy atom. The van der Waals surface area contributed by atoms with Gasteiger partial charge in [0.25, 0.3) is 0 Å². The van der Waals surface area contributed by atoms with E-state index in [4.69, 9.17) is 14.2 Å². The van der Waals surface area contributed by atoms with Crippen molar-refractivity contribution in [3.05, 3.63) is 47.3 Å². The molecule has 0 radical (unpaired) electrons. The van der Waals surface area contributed by atoms with Crippen molar-refractivity contribution in [3.63, 3.8) is 0 Å². The molecule has 0 saturated carbocycles. The van der Waals surface area contributed by atoms with Gasteiger partial charge in [-0.2, -0.15) is 0 Å². The first-order chi connectivity index (χ1) is 11.1. The highest BCUT2D eigenvalue weighted by molar-refractivity contribution is 5.86. The lowest BCUT2D eigenvalue weighted by Crippen LogP contribution is -2.15. The molecule has 6 nitrogen and oxygen atoms in total. The standard InChI is InChI=1S/C17H20N2O4/c1-11-9-18-14(12(2)16(11)22-4)10-23-17(20)19-13-7-5-6-8-15(13)21-3/h5-9H,10H2,1-4H3,(H,19,20). The van der Waals surface area contributed by atoms with Crippen molar-refractivity contribution < 1.29 is 19.0 Å². The summed E-state index contributed by atoms with van der Waals surface area (Å²) in [7, 11) is 3.14. The number of anilines is 1. The molecule has 0 atom stereocenters. The number of hydrogen-bond acceptors (Lipinski definition) is 5. The van der Waals surface area contributed by atoms with E-state index < -0.39 is 6.09 Å². The van der Waals surface area contributed by atoms with Crippen LogP contribution in [-0.4, -0.2) is 25.3 Å². The molecule has 0 fully saturated rings. The Bertz CT molecular complexity index is 701. The summed E-state index contributed by atoms with van der Waals surface area (Å²) >= 11 is 0. The van der Waals surface area contributed by atoms with Crippen molar-refractivity contribution in [1.29, 1.82) is 0 Å². The van der Waals surface area contributed by atoms with Crippen LogP contribution in [0.25, 0.3) is 0 Å². The molecule has 122 valence electrons. The number of hydrogen-bond donors (Lipinski definition) is 1. The van der Waals surface area contributed by atoms with E-state index in [0.29, 0.717) is 17.1 Å². The third-order valence-corrected chi connectivity index (χ3v) is 3.43. The number of aromatic nitrogens is 1. The van der Waals surface area contributed by atoms with Gasteiger partial charge >= 0.3 is 6.09 Å². The van der Waals surface area contributed by atoms with E-state index in [9.17, 15) is 4.79 Å². The number of carbonyl (C=O) groups excluding carboxylic acids is 1. The molecule has 0 bridgehead atoms. The quantitative estimate of drug-likeness (QED) is 0.914. The second kappa shape index (κ2) is 7.49. The van der Waals surface area contributed by atoms with E-state index in [1.165, 1.54) is 7.11 Å². The van der Waals surface area contributed by atoms with Gasteiger partial charge < -0.3 is 14.2 Å². The van der Waals surface area contributed by atoms with Crippen molar-refractivity contribution >= 4 is 11.8 Å². The molecule has 2 aromatic rings. The first-order valence-electron chi connectivity index (χ1n) is 7.12. The van der Waals surface area contributed by atoms with Gasteiger partial charge in [0.1, 0.15) is 18.1 Å². The monoisotopic (exact) mass is 316 g/mol. The number of methoxy groups -OCH3 is 2. The van der Waals surface area contributed by atoms with Crippen LogP contribution >= 0.6 is 0 Å². The summed E-state index contributed by atoms with van der Waals surface area (Å²) in [6, 6.07) is 7.11. The van der Waals surface area contributed by atoms with Gasteiger partial charge in [-0.25, -0.2) is 4.79 Å². The molecule has 23 heavy (non-hydrogen) atoms. The molecule has 2 rings (SSSR count). The lowest BCUT2D eigenvalue weighted by atomic mass is 10.1. The maximum absolute atomic E-state index is 11.9. The number of aryl methyl sites for hydroxylation is 1. The van der Waals surface area contributed by atoms with Gasteiger partial charge in [-0.1, -0.05) is 12.1 Å². The average Bonchev–Trinajstić information content (AvgIpc) is 2.55. The van der Waals surface area contributed by atoms with Gasteiger partial charge in [0, 0.05) is 17.3 Å². The number of amides is 1. The molecule has 0 aliphatic heterocycles. The van der Waals surface area contributed by atoms with Crippen LogP contribution in [0.3, 0.4) is 0 Å². The Morgan fingerprint density at radius 3 is 2.61 bits per heavy atom. The molecular formula is C17H20N2O4. The SMILES string of the molecule is COc1ccccc1NC(=O)OCc1ncc(C)c(OC)c1C. The zero-order valence-electron chi connectivity index (χ0n) is 13.7. The molecule has 0 saturated heterocycles. The minimum Gasteiger partial charge on any atom is -0.496 e. The van der Waals surface area contributed by atoms with Gasteiger partial charge in [0.15, 0.2) is 0 Å². The van der Waals surface area contributed by atoms with E-state index in [0.717, 1.165) is 16.9 Å². The van der Waals surface area contributed by atoms with E-state index in [2.05, 4.69) is 10.3 Å². The Kier molecular flexibility index (Phi) is 5.41. The maximum atomic E-state index is 11.9. The minimum absolute atomic E-state index is 0.0590. The van der Waals surface area contributed by atoms with Crippen molar-refractivity contribution in [2.24, 2.45) is 0 Å². The largest absolute Gasteiger partial charge is 0.496 e. The number of para-hydroxylation sites is 2. The molecule has 6 heteroatoms. The summed E-state index contributed by atoms with van der Waals surface area (Å²) in [5, 5.41) is 2.65. The predicted octanol–water partition coefficient (Wildman–Crippen LogP) is 3.46. The van der Waals surface area contributed by atoms with Crippen molar-refractivity contribution in [2.45, 2.75) is 20.5 Å². The normalized spacial score (nSPS) is 10.1. The van der Waals surface area contributed by atoms with Crippen LogP contribution in [0.1, 0.15) is 16.8 Å². The molecule has 1 heterocycles. The fraction of sp³-hybridized carbons (Fsp3) is 0.294. The number of ether oxygens (including phenoxy) is 3. The number of pyridine rings is 1. The number of carbonyl (C=O) groups is 1. The van der Waals surface area contributed by atoms with Crippen LogP contribution in [0, 0.1) is 13.8 Å². The number of benzene rings is 1. The van der Waals surface area contributed by atoms with Crippen LogP contribution in [0.2, 0.25) is 0 Å². The Balaban J connectivity index is 2.02. The summed E-state index contributed by atoms with van der Waals surface area (Å²) in [4.78, 5) is 16.2. The van der Waals surface area contributed by atoms with Crippen LogP contribution in [0.5, 0.6) is 11.5 Å². The van der Waals surface area contributed by atoms with Crippen LogP contribution in [-0.2, 0) is 11.3 Å². The van der Waals surface area contributed by atoms with Gasteiger partial charge in [-0.05, 0) is 26.0 Å². The smallest absolute Gasteiger partial charge is 0.412 e. The Morgan fingerprint density at radius 2 is 1.91 bits per heavy atom. The lowest BCUT2D eigenvalue weighted by Gasteiger charge is -2.13. The minimum atomic E-state index is -0.574. The third-order valence-electron chi connectivity index (χ3n) is 3.43. The number of rotatable bonds is 5. The summed E-state index contributed by atoms with van der Waals surface area (Å²) < 4.78 is 15.7. The summed E-state index contributed by atoms with van der Waals surface area (Å²) in [6.45, 7) is 3.86. The predicted molar refractivity (Wildman–Crippen MR) is 87.1 cm³/mol. The highest BCUT2D eigenvalue weighted by Gasteiger charge is 2.12. The maximum Gasteiger partial charge on any atom is 0.412 e. The van der Waals surface area contributed by atoms with Crippen LogP contribution in [0.15, 0.2) is 30.5 Å². The molecule has 0 spiro atoms. The Labute approximate surface area is 135 Å². The fourth-order valence-corrected chi connectivity index (χ4v) is 2.24. The van der Waals surface area contributed by atoms with Crippen molar-refractivity contribution in [3.8, 4) is 11.5 Å². The first-order valence-corrected chi connectivity index (χ1v) is 7.12. The lowest BCUT2D eigenvalue weighted by molar-refractivity contribution is 0.153. The van der Waals surface area contributed by atoms with Crippen LogP contribution in [0.4, 0.5) is 10.5 Å². The van der Waals surface area contributed by atoms with Gasteiger partial charge in [0.2, 0.25) is 0 Å². The first kappa shape index (κ1) is 16.6. The topological polar surface area (TPSA) is 69.7 Å². The fourth-order valence-electron chi connectivity index (χ4n) is 2.24. The van der Waals surface area contributed by atoms with Gasteiger partial charge in [0.05, 0.1) is 25.6 Å². The molecule has 0 aliphatic carbocycles. The van der Waals surface area contributed by atoms with Gasteiger partial charge in [-0.15, -0.1) is 0 Å². The molecular weight excluding hydrogens is 296 g/mol. The second-order valence-electron chi connectivity index (χ2n) is 4.95. The van der Waals surface area contributed by atoms with E-state index in [1.807, 2.05) is 19.9 Å². The zero-order valence-corrected chi connectivity index (χ0v) is 13.7. The molecule has 0 aliphatic rings. The van der Waals surface area contributed by atoms with Crippen molar-refractivity contribution in [1.82, 2.24) is 4.98 Å². The second-order valence-corrected chi connectivity index (χ2v) is 4.95. The van der Waals surface area contributed by atoms with E-state index in [1.54, 1.807) is 31.5 Å². The summed E-state index contributed by atoms with van der Waals surface area (Å²) in [5.41, 5.74) is 3.00. The highest BCUT2D eigenvalue weighted by atomic mass is 16.5. The average molecular weight is 316 g/mol. The number of nitrogens with zero attached hydrogens (tertiary/aromatic N) is 1. The molecule has 1 aromatic carbocycles. The summed E-state index contributed by atoms with van der Waals surface area (Å²) in [6.07, 6.45) is 1.12. The Hall–Kier alpha value is -2.76. The molecule has 0 unspecified atom stereocenters. The highest BCUT2D eigenvalue weighted by Crippen LogP contribution is 2.25. The van der Waals surface area contributed by atoms with Crippen molar-refractivity contribution in [2.75, 3.05) is 19.5 Å².